The molecule has 0 unspecified atom stereocenters. The first-order valence-corrected chi connectivity index (χ1v) is 2.48. The van der Waals surface area contributed by atoms with Crippen LogP contribution in [0.3, 0.4) is 0 Å². The quantitative estimate of drug-likeness (QED) is 0.410. The molecule has 0 aromatic heterocycles. The average molecular weight is 132 g/mol. The zero-order valence-corrected chi connectivity index (χ0v) is 5.89. The summed E-state index contributed by atoms with van der Waals surface area (Å²) in [6.45, 7) is 5.80. The number of carbonyl (C=O) groups excluding carboxylic acids is 1. The van der Waals surface area contributed by atoms with Gasteiger partial charge in [0.25, 0.3) is 0 Å². The van der Waals surface area contributed by atoms with Gasteiger partial charge in [-0.05, 0) is 20.8 Å². The molecule has 0 saturated heterocycles. The third kappa shape index (κ3) is 19.3. The van der Waals surface area contributed by atoms with E-state index in [1.54, 1.807) is 0 Å². The van der Waals surface area contributed by atoms with Crippen molar-refractivity contribution in [3.63, 3.8) is 0 Å². The number of hydrogen-bond acceptors (Lipinski definition) is 3. The van der Waals surface area contributed by atoms with Crippen molar-refractivity contribution in [2.45, 2.75) is 26.3 Å². The summed E-state index contributed by atoms with van der Waals surface area (Å²) in [5.74, 6) is 0. The Morgan fingerprint density at radius 1 is 1.33 bits per heavy atom. The zero-order valence-electron chi connectivity index (χ0n) is 5.89. The maximum Gasteiger partial charge on any atom is 0.207 e. The molecule has 0 bridgehead atoms. The van der Waals surface area contributed by atoms with E-state index in [1.807, 2.05) is 20.8 Å². The molecule has 0 spiro atoms. The SMILES string of the molecule is CC(C)(C)NC=O.N=O. The Kier molecular flexibility index (Phi) is 6.34. The molecule has 54 valence electrons. The molecule has 2 N–H and O–H groups in total. The predicted molar refractivity (Wildman–Crippen MR) is 35.0 cm³/mol. The number of nitrogens with one attached hydrogen (secondary N) is 2. The highest BCUT2D eigenvalue weighted by molar-refractivity contribution is 5.47. The molecule has 0 aromatic carbocycles. The van der Waals surface area contributed by atoms with E-state index < -0.39 is 0 Å². The molecule has 0 aliphatic rings. The van der Waals surface area contributed by atoms with Crippen LogP contribution >= 0.6 is 0 Å². The van der Waals surface area contributed by atoms with Crippen molar-refractivity contribution in [3.05, 3.63) is 4.91 Å². The van der Waals surface area contributed by atoms with Crippen LogP contribution in [0.25, 0.3) is 0 Å². The molecular weight excluding hydrogens is 120 g/mol. The summed E-state index contributed by atoms with van der Waals surface area (Å²) in [6.07, 6.45) is 0.708. The molecule has 0 radical (unpaired) electrons. The molecule has 1 amide bonds. The Balaban J connectivity index is 0. The van der Waals surface area contributed by atoms with E-state index in [0.717, 1.165) is 0 Å². The summed E-state index contributed by atoms with van der Waals surface area (Å²) in [5.41, 5.74) is 4.43. The molecule has 0 saturated carbocycles. The Labute approximate surface area is 54.4 Å². The van der Waals surface area contributed by atoms with Crippen molar-refractivity contribution >= 4 is 6.41 Å². The van der Waals surface area contributed by atoms with Crippen LogP contribution in [0.2, 0.25) is 0 Å². The van der Waals surface area contributed by atoms with Gasteiger partial charge in [-0.25, -0.2) is 0 Å². The molecular formula is C5H12N2O2. The lowest BCUT2D eigenvalue weighted by molar-refractivity contribution is -0.110. The van der Waals surface area contributed by atoms with Crippen molar-refractivity contribution in [2.24, 2.45) is 0 Å². The van der Waals surface area contributed by atoms with Gasteiger partial charge in [0, 0.05) is 5.54 Å². The topological polar surface area (TPSA) is 70.0 Å². The Morgan fingerprint density at radius 2 is 1.67 bits per heavy atom. The molecule has 0 atom stereocenters. The highest BCUT2D eigenvalue weighted by Crippen LogP contribution is 1.94. The number of carbonyl (C=O) groups is 1. The Hall–Kier alpha value is -0.930. The fourth-order valence-corrected chi connectivity index (χ4v) is 0.177. The molecule has 0 fully saturated rings. The Bertz CT molecular complexity index is 77.5. The second-order valence-electron chi connectivity index (χ2n) is 2.51. The van der Waals surface area contributed by atoms with Crippen LogP contribution in [0.1, 0.15) is 20.8 Å². The standard InChI is InChI=1S/C5H11NO.HNO/c1-5(2,3)6-4-7;1-2/h4H,1-3H3,(H,6,7);1H. The van der Waals surface area contributed by atoms with Gasteiger partial charge in [0.1, 0.15) is 0 Å². The van der Waals surface area contributed by atoms with Crippen LogP contribution in [0.15, 0.2) is 0 Å². The van der Waals surface area contributed by atoms with E-state index in [1.165, 1.54) is 0 Å². The normalized spacial score (nSPS) is 8.78. The van der Waals surface area contributed by atoms with Gasteiger partial charge in [0.2, 0.25) is 6.41 Å². The van der Waals surface area contributed by atoms with Crippen LogP contribution in [0, 0.1) is 10.5 Å². The third-order valence-electron chi connectivity index (χ3n) is 0.492. The van der Waals surface area contributed by atoms with E-state index >= 15 is 0 Å². The van der Waals surface area contributed by atoms with Gasteiger partial charge in [0.15, 0.2) is 0 Å². The largest absolute Gasteiger partial charge is 0.354 e. The van der Waals surface area contributed by atoms with Gasteiger partial charge in [-0.1, -0.05) is 5.59 Å². The molecule has 0 aliphatic carbocycles. The summed E-state index contributed by atoms with van der Waals surface area (Å²) >= 11 is 0. The average Bonchev–Trinajstić information content (AvgIpc) is 1.69. The minimum Gasteiger partial charge on any atom is -0.354 e. The molecule has 9 heavy (non-hydrogen) atoms. The lowest BCUT2D eigenvalue weighted by Crippen LogP contribution is -2.34. The lowest BCUT2D eigenvalue weighted by atomic mass is 10.1. The second kappa shape index (κ2) is 5.21. The van der Waals surface area contributed by atoms with E-state index in [2.05, 4.69) is 10.9 Å². The second-order valence-corrected chi connectivity index (χ2v) is 2.51. The van der Waals surface area contributed by atoms with E-state index in [9.17, 15) is 4.79 Å². The fourth-order valence-electron chi connectivity index (χ4n) is 0.177. The maximum absolute atomic E-state index is 9.71. The van der Waals surface area contributed by atoms with E-state index in [0.29, 0.717) is 6.41 Å². The predicted octanol–water partition coefficient (Wildman–Crippen LogP) is 0.862. The monoisotopic (exact) mass is 132 g/mol. The van der Waals surface area contributed by atoms with Crippen molar-refractivity contribution in [2.75, 3.05) is 0 Å². The van der Waals surface area contributed by atoms with Gasteiger partial charge in [-0.15, -0.1) is 0 Å². The number of amides is 1. The van der Waals surface area contributed by atoms with Gasteiger partial charge >= 0.3 is 0 Å². The maximum atomic E-state index is 9.71. The molecule has 4 nitrogen and oxygen atoms in total. The van der Waals surface area contributed by atoms with Crippen LogP contribution in [0.5, 0.6) is 0 Å². The summed E-state index contributed by atoms with van der Waals surface area (Å²) < 4.78 is 0. The first kappa shape index (κ1) is 10.9. The molecule has 4 heteroatoms. The number of hydrogen-bond donors (Lipinski definition) is 2. The fraction of sp³-hybridized carbons (Fsp3) is 0.800. The molecule has 0 rings (SSSR count). The van der Waals surface area contributed by atoms with Gasteiger partial charge in [-0.3, -0.25) is 4.79 Å². The van der Waals surface area contributed by atoms with Crippen LogP contribution < -0.4 is 5.32 Å². The smallest absolute Gasteiger partial charge is 0.207 e. The number of rotatable bonds is 1. The first-order chi connectivity index (χ1) is 4.06. The third-order valence-corrected chi connectivity index (χ3v) is 0.492. The summed E-state index contributed by atoms with van der Waals surface area (Å²) in [5, 5.41) is 2.60. The van der Waals surface area contributed by atoms with Gasteiger partial charge in [0.05, 0.1) is 0 Å². The molecule has 0 aromatic rings. The van der Waals surface area contributed by atoms with Gasteiger partial charge < -0.3 is 5.32 Å². The van der Waals surface area contributed by atoms with Crippen LogP contribution in [-0.2, 0) is 4.79 Å². The summed E-state index contributed by atoms with van der Waals surface area (Å²) in [4.78, 5) is 17.2. The van der Waals surface area contributed by atoms with Crippen molar-refractivity contribution in [3.8, 4) is 0 Å². The van der Waals surface area contributed by atoms with E-state index in [4.69, 9.17) is 4.91 Å². The van der Waals surface area contributed by atoms with Crippen molar-refractivity contribution < 1.29 is 4.79 Å². The zero-order chi connectivity index (χ0) is 7.91. The highest BCUT2D eigenvalue weighted by atomic mass is 16.2. The Morgan fingerprint density at radius 3 is 1.67 bits per heavy atom. The minimum atomic E-state index is -0.0677. The van der Waals surface area contributed by atoms with Crippen LogP contribution in [0.4, 0.5) is 0 Å². The summed E-state index contributed by atoms with van der Waals surface area (Å²) in [7, 11) is 0. The summed E-state index contributed by atoms with van der Waals surface area (Å²) in [6, 6.07) is 0. The van der Waals surface area contributed by atoms with Crippen LogP contribution in [-0.4, -0.2) is 11.9 Å². The lowest BCUT2D eigenvalue weighted by Gasteiger charge is -2.15. The van der Waals surface area contributed by atoms with Crippen molar-refractivity contribution in [1.82, 2.24) is 5.32 Å². The highest BCUT2D eigenvalue weighted by Gasteiger charge is 2.04. The molecule has 0 aliphatic heterocycles. The molecule has 0 heterocycles. The number of nitroso groups, excluding NO2 is 1. The minimum absolute atomic E-state index is 0.0677. The first-order valence-electron chi connectivity index (χ1n) is 2.48. The van der Waals surface area contributed by atoms with E-state index in [-0.39, 0.29) is 5.54 Å². The van der Waals surface area contributed by atoms with Crippen molar-refractivity contribution in [1.29, 1.82) is 5.59 Å². The van der Waals surface area contributed by atoms with Gasteiger partial charge in [-0.2, -0.15) is 4.91 Å².